The molecule has 0 N–H and O–H groups in total. The molecule has 17 heavy (non-hydrogen) atoms. The van der Waals surface area contributed by atoms with Crippen molar-refractivity contribution in [2.45, 2.75) is 24.0 Å². The number of aromatic nitrogens is 1. The minimum Gasteiger partial charge on any atom is -0.353 e. The second-order valence-electron chi connectivity index (χ2n) is 4.08. The van der Waals surface area contributed by atoms with Crippen LogP contribution in [0.3, 0.4) is 0 Å². The van der Waals surface area contributed by atoms with Crippen LogP contribution in [0.5, 0.6) is 0 Å². The lowest BCUT2D eigenvalue weighted by molar-refractivity contribution is -0.270. The first kappa shape index (κ1) is 11.8. The SMILES string of the molecule is COC1(OC)CC(C#N)(c2nc#ccc2F)C1. The van der Waals surface area contributed by atoms with Crippen molar-refractivity contribution in [3.8, 4) is 6.07 Å². The van der Waals surface area contributed by atoms with Gasteiger partial charge in [0.05, 0.1) is 6.07 Å². The van der Waals surface area contributed by atoms with E-state index in [0.717, 1.165) is 6.07 Å². The lowest BCUT2D eigenvalue weighted by Gasteiger charge is -2.49. The highest BCUT2D eigenvalue weighted by molar-refractivity contribution is 5.33. The van der Waals surface area contributed by atoms with Gasteiger partial charge in [0.2, 0.25) is 0 Å². The van der Waals surface area contributed by atoms with Crippen molar-refractivity contribution in [1.82, 2.24) is 4.98 Å². The predicted molar refractivity (Wildman–Crippen MR) is 55.1 cm³/mol. The minimum absolute atomic E-state index is 0.0866. The van der Waals surface area contributed by atoms with E-state index in [-0.39, 0.29) is 18.5 Å². The predicted octanol–water partition coefficient (Wildman–Crippen LogP) is 1.37. The smallest absolute Gasteiger partial charge is 0.171 e. The Labute approximate surface area is 99.0 Å². The average Bonchev–Trinajstić information content (AvgIpc) is 2.32. The maximum atomic E-state index is 13.6. The van der Waals surface area contributed by atoms with Gasteiger partial charge in [0.1, 0.15) is 11.1 Å². The van der Waals surface area contributed by atoms with Crippen LogP contribution in [0, 0.1) is 29.4 Å². The summed E-state index contributed by atoms with van der Waals surface area (Å²) in [4.78, 5) is 3.79. The van der Waals surface area contributed by atoms with Crippen molar-refractivity contribution in [3.63, 3.8) is 0 Å². The van der Waals surface area contributed by atoms with Gasteiger partial charge in [-0.3, -0.25) is 0 Å². The maximum absolute atomic E-state index is 13.6. The molecule has 0 atom stereocenters. The van der Waals surface area contributed by atoms with Crippen molar-refractivity contribution < 1.29 is 13.9 Å². The molecule has 0 spiro atoms. The van der Waals surface area contributed by atoms with Gasteiger partial charge in [-0.2, -0.15) is 10.2 Å². The van der Waals surface area contributed by atoms with Crippen LogP contribution in [0.4, 0.5) is 4.39 Å². The maximum Gasteiger partial charge on any atom is 0.171 e. The average molecular weight is 234 g/mol. The molecule has 0 aromatic carbocycles. The molecule has 2 rings (SSSR count). The van der Waals surface area contributed by atoms with E-state index in [4.69, 9.17) is 9.47 Å². The van der Waals surface area contributed by atoms with Gasteiger partial charge in [0.25, 0.3) is 0 Å². The summed E-state index contributed by atoms with van der Waals surface area (Å²) >= 11 is 0. The van der Waals surface area contributed by atoms with Crippen LogP contribution < -0.4 is 0 Å². The fourth-order valence-corrected chi connectivity index (χ4v) is 2.18. The minimum atomic E-state index is -0.998. The molecule has 1 heterocycles. The van der Waals surface area contributed by atoms with Gasteiger partial charge < -0.3 is 9.47 Å². The Morgan fingerprint density at radius 3 is 2.59 bits per heavy atom. The molecule has 1 aliphatic carbocycles. The van der Waals surface area contributed by atoms with Crippen molar-refractivity contribution in [2.24, 2.45) is 0 Å². The summed E-state index contributed by atoms with van der Waals surface area (Å²) in [6, 6.07) is 5.64. The zero-order valence-corrected chi connectivity index (χ0v) is 9.58. The number of methoxy groups -OCH3 is 2. The highest BCUT2D eigenvalue weighted by atomic mass is 19.1. The molecule has 0 aliphatic heterocycles. The number of rotatable bonds is 3. The Morgan fingerprint density at radius 2 is 2.12 bits per heavy atom. The van der Waals surface area contributed by atoms with Crippen LogP contribution in [-0.2, 0) is 14.9 Å². The van der Waals surface area contributed by atoms with Crippen LogP contribution in [0.2, 0.25) is 0 Å². The summed E-state index contributed by atoms with van der Waals surface area (Å²) in [5.74, 6) is -1.37. The van der Waals surface area contributed by atoms with Crippen LogP contribution in [0.1, 0.15) is 18.5 Å². The van der Waals surface area contributed by atoms with Gasteiger partial charge in [-0.25, -0.2) is 4.39 Å². The quantitative estimate of drug-likeness (QED) is 0.741. The molecule has 5 heteroatoms. The number of hydrogen-bond donors (Lipinski definition) is 0. The number of nitrogens with zero attached hydrogens (tertiary/aromatic N) is 2. The summed E-state index contributed by atoms with van der Waals surface area (Å²) < 4.78 is 24.0. The molecule has 88 valence electrons. The van der Waals surface area contributed by atoms with E-state index in [1.807, 2.05) is 0 Å². The first-order valence-corrected chi connectivity index (χ1v) is 5.08. The molecule has 4 nitrogen and oxygen atoms in total. The standard InChI is InChI=1S/C12H11FN2O2/c1-16-12(17-2)6-11(7-12,8-14)10-9(13)4-3-5-15-10/h4H,6-7H2,1-2H3. The Bertz CT molecular complexity index is 458. The lowest BCUT2D eigenvalue weighted by Crippen LogP contribution is -2.56. The largest absolute Gasteiger partial charge is 0.353 e. The number of hydrogen-bond acceptors (Lipinski definition) is 4. The topological polar surface area (TPSA) is 55.1 Å². The molecular weight excluding hydrogens is 223 g/mol. The molecule has 0 unspecified atom stereocenters. The summed E-state index contributed by atoms with van der Waals surface area (Å²) in [7, 11) is 3.00. The van der Waals surface area contributed by atoms with Crippen LogP contribution in [0.15, 0.2) is 6.07 Å². The van der Waals surface area contributed by atoms with Gasteiger partial charge >= 0.3 is 0 Å². The number of nitriles is 1. The first-order valence-electron chi connectivity index (χ1n) is 5.08. The second-order valence-corrected chi connectivity index (χ2v) is 4.08. The second kappa shape index (κ2) is 3.96. The molecule has 1 saturated carbocycles. The third-order valence-electron chi connectivity index (χ3n) is 3.21. The van der Waals surface area contributed by atoms with E-state index in [2.05, 4.69) is 23.3 Å². The van der Waals surface area contributed by atoms with E-state index < -0.39 is 17.0 Å². The van der Waals surface area contributed by atoms with Crippen molar-refractivity contribution in [3.05, 3.63) is 29.8 Å². The third kappa shape index (κ3) is 1.64. The molecule has 0 bridgehead atoms. The van der Waals surface area contributed by atoms with Crippen LogP contribution >= 0.6 is 0 Å². The Balaban J connectivity index is 2.33. The molecule has 1 aliphatic rings. The highest BCUT2D eigenvalue weighted by Gasteiger charge is 2.59. The van der Waals surface area contributed by atoms with Gasteiger partial charge in [0, 0.05) is 39.3 Å². The fraction of sp³-hybridized carbons (Fsp3) is 0.500. The summed E-state index contributed by atoms with van der Waals surface area (Å²) in [6.45, 7) is 0. The normalized spacial score (nSPS) is 19.9. The number of halogens is 1. The molecular formula is C12H11FN2O2. The zero-order valence-electron chi connectivity index (χ0n) is 9.58. The van der Waals surface area contributed by atoms with E-state index in [0.29, 0.717) is 0 Å². The molecule has 1 fully saturated rings. The van der Waals surface area contributed by atoms with Crippen LogP contribution in [-0.4, -0.2) is 25.0 Å². The lowest BCUT2D eigenvalue weighted by atomic mass is 9.63. The molecule has 0 amide bonds. The molecule has 0 saturated heterocycles. The van der Waals surface area contributed by atoms with Crippen molar-refractivity contribution >= 4 is 0 Å². The summed E-state index contributed by atoms with van der Waals surface area (Å²) in [5.41, 5.74) is -0.912. The van der Waals surface area contributed by atoms with Crippen molar-refractivity contribution in [2.75, 3.05) is 14.2 Å². The van der Waals surface area contributed by atoms with Gasteiger partial charge in [0.15, 0.2) is 11.6 Å². The Kier molecular flexibility index (Phi) is 2.74. The zero-order chi connectivity index (χ0) is 12.5. The summed E-state index contributed by atoms with van der Waals surface area (Å²) in [5, 5.41) is 9.25. The fourth-order valence-electron chi connectivity index (χ4n) is 2.18. The molecule has 1 aromatic heterocycles. The van der Waals surface area contributed by atoms with Gasteiger partial charge in [-0.05, 0) is 6.07 Å². The van der Waals surface area contributed by atoms with Gasteiger partial charge in [-0.15, -0.1) is 0 Å². The van der Waals surface area contributed by atoms with Crippen LogP contribution in [0.25, 0.3) is 0 Å². The first-order chi connectivity index (χ1) is 8.11. The monoisotopic (exact) mass is 234 g/mol. The van der Waals surface area contributed by atoms with Crippen molar-refractivity contribution in [1.29, 1.82) is 5.26 Å². The number of ether oxygens (including phenoxy) is 2. The Morgan fingerprint density at radius 1 is 1.47 bits per heavy atom. The van der Waals surface area contributed by atoms with E-state index >= 15 is 0 Å². The Hall–Kier alpha value is -1.69. The third-order valence-corrected chi connectivity index (χ3v) is 3.21. The highest BCUT2D eigenvalue weighted by Crippen LogP contribution is 2.51. The molecule has 1 aromatic rings. The van der Waals surface area contributed by atoms with E-state index in [1.54, 1.807) is 0 Å². The molecule has 0 radical (unpaired) electrons. The van der Waals surface area contributed by atoms with E-state index in [9.17, 15) is 9.65 Å². The van der Waals surface area contributed by atoms with E-state index in [1.165, 1.54) is 14.2 Å². The van der Waals surface area contributed by atoms with Gasteiger partial charge in [-0.1, -0.05) is 0 Å². The summed E-state index contributed by atoms with van der Waals surface area (Å²) in [6.07, 6.45) is 2.94.